The fourth-order valence-corrected chi connectivity index (χ4v) is 1.58. The topological polar surface area (TPSA) is 74.9 Å². The summed E-state index contributed by atoms with van der Waals surface area (Å²) in [6.45, 7) is -0.000463. The van der Waals surface area contributed by atoms with E-state index in [9.17, 15) is 0 Å². The molecule has 0 aliphatic heterocycles. The molecule has 1 atom stereocenters. The number of aliphatic hydroxyl groups is 1. The average molecular weight is 153 g/mol. The van der Waals surface area contributed by atoms with Gasteiger partial charge in [0, 0.05) is 11.3 Å². The molecule has 2 rings (SSSR count). The summed E-state index contributed by atoms with van der Waals surface area (Å²) in [5.74, 6) is 0. The molecule has 4 heteroatoms. The highest BCUT2D eigenvalue weighted by atomic mass is 16.3. The van der Waals surface area contributed by atoms with Crippen molar-refractivity contribution in [1.29, 1.82) is 0 Å². The van der Waals surface area contributed by atoms with Crippen LogP contribution in [0.25, 0.3) is 0 Å². The summed E-state index contributed by atoms with van der Waals surface area (Å²) >= 11 is 0. The number of hydrogen-bond acceptors (Lipinski definition) is 3. The molecule has 1 aromatic heterocycles. The number of fused-ring (bicyclic) bond motifs is 1. The minimum Gasteiger partial charge on any atom is -0.394 e. The Bertz CT molecular complexity index is 270. The number of nitrogens with zero attached hydrogens (tertiary/aromatic N) is 1. The molecule has 0 radical (unpaired) electrons. The fraction of sp³-hybridized carbons (Fsp3) is 0.571. The third-order valence-corrected chi connectivity index (χ3v) is 2.36. The molecule has 0 amide bonds. The van der Waals surface area contributed by atoms with E-state index >= 15 is 0 Å². The van der Waals surface area contributed by atoms with Crippen molar-refractivity contribution in [2.24, 2.45) is 5.73 Å². The van der Waals surface area contributed by atoms with E-state index in [0.29, 0.717) is 0 Å². The van der Waals surface area contributed by atoms with Crippen LogP contribution >= 0.6 is 0 Å². The minimum atomic E-state index is -0.539. The van der Waals surface area contributed by atoms with Crippen LogP contribution in [0.5, 0.6) is 0 Å². The van der Waals surface area contributed by atoms with Gasteiger partial charge in [0.15, 0.2) is 0 Å². The number of aromatic amines is 1. The first-order valence-corrected chi connectivity index (χ1v) is 3.69. The van der Waals surface area contributed by atoms with E-state index in [2.05, 4.69) is 10.2 Å². The Balaban J connectivity index is 2.45. The van der Waals surface area contributed by atoms with Crippen LogP contribution < -0.4 is 5.73 Å². The van der Waals surface area contributed by atoms with Gasteiger partial charge < -0.3 is 10.8 Å². The Morgan fingerprint density at radius 2 is 2.64 bits per heavy atom. The molecular weight excluding hydrogens is 142 g/mol. The monoisotopic (exact) mass is 153 g/mol. The molecule has 0 saturated heterocycles. The van der Waals surface area contributed by atoms with Crippen molar-refractivity contribution in [2.75, 3.05) is 6.61 Å². The summed E-state index contributed by atoms with van der Waals surface area (Å²) in [5, 5.41) is 15.8. The number of nitrogens with two attached hydrogens (primary N) is 1. The fourth-order valence-electron chi connectivity index (χ4n) is 1.58. The van der Waals surface area contributed by atoms with Gasteiger partial charge in [-0.15, -0.1) is 0 Å². The lowest BCUT2D eigenvalue weighted by Crippen LogP contribution is -2.37. The standard InChI is InChI=1S/C7H11N3O/c8-7(4-11)2-1-6-5(7)3-9-10-6/h3,11H,1-2,4,8H2,(H,9,10). The van der Waals surface area contributed by atoms with Crippen LogP contribution in [0.15, 0.2) is 6.20 Å². The number of rotatable bonds is 1. The molecule has 0 saturated carbocycles. The highest BCUT2D eigenvalue weighted by Crippen LogP contribution is 2.32. The average Bonchev–Trinajstić information content (AvgIpc) is 2.55. The van der Waals surface area contributed by atoms with Gasteiger partial charge in [-0.05, 0) is 12.8 Å². The van der Waals surface area contributed by atoms with Crippen molar-refractivity contribution in [3.05, 3.63) is 17.5 Å². The Morgan fingerprint density at radius 3 is 3.36 bits per heavy atom. The zero-order chi connectivity index (χ0) is 7.90. The van der Waals surface area contributed by atoms with Gasteiger partial charge in [-0.25, -0.2) is 0 Å². The summed E-state index contributed by atoms with van der Waals surface area (Å²) < 4.78 is 0. The quantitative estimate of drug-likeness (QED) is 0.509. The zero-order valence-electron chi connectivity index (χ0n) is 6.17. The Labute approximate surface area is 64.4 Å². The maximum Gasteiger partial charge on any atom is 0.0681 e. The molecule has 0 fully saturated rings. The molecule has 1 unspecified atom stereocenters. The number of aromatic nitrogens is 2. The Hall–Kier alpha value is -0.870. The van der Waals surface area contributed by atoms with Crippen LogP contribution in [0.4, 0.5) is 0 Å². The lowest BCUT2D eigenvalue weighted by atomic mass is 9.97. The van der Waals surface area contributed by atoms with E-state index in [1.54, 1.807) is 6.20 Å². The summed E-state index contributed by atoms with van der Waals surface area (Å²) in [6.07, 6.45) is 3.41. The molecule has 0 spiro atoms. The van der Waals surface area contributed by atoms with Crippen LogP contribution in [-0.2, 0) is 12.0 Å². The van der Waals surface area contributed by atoms with Crippen molar-refractivity contribution in [3.8, 4) is 0 Å². The van der Waals surface area contributed by atoms with E-state index < -0.39 is 5.54 Å². The molecular formula is C7H11N3O. The van der Waals surface area contributed by atoms with Crippen molar-refractivity contribution < 1.29 is 5.11 Å². The number of H-pyrrole nitrogens is 1. The second-order valence-electron chi connectivity index (χ2n) is 3.08. The Kier molecular flexibility index (Phi) is 1.27. The Morgan fingerprint density at radius 1 is 1.82 bits per heavy atom. The maximum atomic E-state index is 9.02. The van der Waals surface area contributed by atoms with E-state index in [0.717, 1.165) is 24.1 Å². The lowest BCUT2D eigenvalue weighted by molar-refractivity contribution is 0.196. The molecule has 60 valence electrons. The van der Waals surface area contributed by atoms with Crippen LogP contribution in [0, 0.1) is 0 Å². The summed E-state index contributed by atoms with van der Waals surface area (Å²) in [7, 11) is 0. The molecule has 1 heterocycles. The summed E-state index contributed by atoms with van der Waals surface area (Å²) in [5.41, 5.74) is 7.41. The van der Waals surface area contributed by atoms with Gasteiger partial charge in [-0.1, -0.05) is 0 Å². The first kappa shape index (κ1) is 6.82. The van der Waals surface area contributed by atoms with Crippen LogP contribution in [0.2, 0.25) is 0 Å². The van der Waals surface area contributed by atoms with Crippen molar-refractivity contribution in [3.63, 3.8) is 0 Å². The first-order valence-electron chi connectivity index (χ1n) is 3.69. The van der Waals surface area contributed by atoms with Gasteiger partial charge in [0.2, 0.25) is 0 Å². The maximum absolute atomic E-state index is 9.02. The van der Waals surface area contributed by atoms with E-state index in [4.69, 9.17) is 10.8 Å². The second kappa shape index (κ2) is 2.06. The molecule has 0 aromatic carbocycles. The van der Waals surface area contributed by atoms with E-state index in [-0.39, 0.29) is 6.61 Å². The van der Waals surface area contributed by atoms with Gasteiger partial charge >= 0.3 is 0 Å². The predicted molar refractivity (Wildman–Crippen MR) is 39.9 cm³/mol. The van der Waals surface area contributed by atoms with Gasteiger partial charge in [0.1, 0.15) is 0 Å². The van der Waals surface area contributed by atoms with Crippen molar-refractivity contribution in [1.82, 2.24) is 10.2 Å². The highest BCUT2D eigenvalue weighted by molar-refractivity contribution is 5.31. The first-order chi connectivity index (χ1) is 5.26. The molecule has 1 aliphatic rings. The van der Waals surface area contributed by atoms with Gasteiger partial charge in [-0.2, -0.15) is 5.10 Å². The minimum absolute atomic E-state index is 0.000463. The van der Waals surface area contributed by atoms with E-state index in [1.807, 2.05) is 0 Å². The molecule has 1 aromatic rings. The van der Waals surface area contributed by atoms with Gasteiger partial charge in [0.25, 0.3) is 0 Å². The lowest BCUT2D eigenvalue weighted by Gasteiger charge is -2.19. The van der Waals surface area contributed by atoms with Crippen LogP contribution in [0.3, 0.4) is 0 Å². The number of aliphatic hydroxyl groups excluding tert-OH is 1. The van der Waals surface area contributed by atoms with Crippen LogP contribution in [0.1, 0.15) is 17.7 Å². The third kappa shape index (κ3) is 0.797. The third-order valence-electron chi connectivity index (χ3n) is 2.36. The number of hydrogen-bond donors (Lipinski definition) is 3. The SMILES string of the molecule is NC1(CO)CCc2[nH]ncc21. The molecule has 1 aliphatic carbocycles. The largest absolute Gasteiger partial charge is 0.394 e. The van der Waals surface area contributed by atoms with Gasteiger partial charge in [-0.3, -0.25) is 5.10 Å². The van der Waals surface area contributed by atoms with Crippen molar-refractivity contribution in [2.45, 2.75) is 18.4 Å². The molecule has 11 heavy (non-hydrogen) atoms. The zero-order valence-corrected chi connectivity index (χ0v) is 6.17. The highest BCUT2D eigenvalue weighted by Gasteiger charge is 2.35. The predicted octanol–water partition coefficient (Wildman–Crippen LogP) is -0.498. The van der Waals surface area contributed by atoms with Crippen LogP contribution in [-0.4, -0.2) is 21.9 Å². The molecule has 4 N–H and O–H groups in total. The smallest absolute Gasteiger partial charge is 0.0681 e. The van der Waals surface area contributed by atoms with Crippen molar-refractivity contribution >= 4 is 0 Å². The molecule has 4 nitrogen and oxygen atoms in total. The second-order valence-corrected chi connectivity index (χ2v) is 3.08. The number of aryl methyl sites for hydroxylation is 1. The normalized spacial score (nSPS) is 28.9. The van der Waals surface area contributed by atoms with Gasteiger partial charge in [0.05, 0.1) is 18.3 Å². The number of nitrogens with one attached hydrogen (secondary N) is 1. The van der Waals surface area contributed by atoms with E-state index in [1.165, 1.54) is 0 Å². The summed E-state index contributed by atoms with van der Waals surface area (Å²) in [4.78, 5) is 0. The summed E-state index contributed by atoms with van der Waals surface area (Å²) in [6, 6.07) is 0. The molecule has 0 bridgehead atoms.